The highest BCUT2D eigenvalue weighted by Crippen LogP contribution is 2.26. The highest BCUT2D eigenvalue weighted by Gasteiger charge is 2.24. The van der Waals surface area contributed by atoms with Gasteiger partial charge in [0.15, 0.2) is 5.11 Å². The van der Waals surface area contributed by atoms with Gasteiger partial charge in [0.2, 0.25) is 0 Å². The minimum absolute atomic E-state index is 0.192. The number of benzene rings is 1. The van der Waals surface area contributed by atoms with Gasteiger partial charge in [-0.3, -0.25) is 0 Å². The molecule has 1 heterocycles. The molecule has 1 saturated heterocycles. The third-order valence-electron chi connectivity index (χ3n) is 2.84. The maximum Gasteiger partial charge on any atom is 0.166 e. The molecule has 0 radical (unpaired) electrons. The van der Waals surface area contributed by atoms with Gasteiger partial charge in [-0.15, -0.1) is 0 Å². The van der Waals surface area contributed by atoms with Gasteiger partial charge in [-0.1, -0.05) is 12.1 Å². The fourth-order valence-electron chi connectivity index (χ4n) is 1.97. The van der Waals surface area contributed by atoms with E-state index in [-0.39, 0.29) is 5.82 Å². The summed E-state index contributed by atoms with van der Waals surface area (Å²) < 4.78 is 12.7. The molecule has 0 aliphatic carbocycles. The largest absolute Gasteiger partial charge is 0.376 e. The molecule has 1 atom stereocenters. The summed E-state index contributed by atoms with van der Waals surface area (Å²) in [6.07, 6.45) is 1.03. The molecule has 2 N–H and O–H groups in total. The molecule has 0 bridgehead atoms. The van der Waals surface area contributed by atoms with Crippen molar-refractivity contribution < 1.29 is 4.39 Å². The second-order valence-electron chi connectivity index (χ2n) is 3.82. The van der Waals surface area contributed by atoms with Gasteiger partial charge in [0.1, 0.15) is 5.82 Å². The van der Waals surface area contributed by atoms with Gasteiger partial charge in [-0.05, 0) is 36.3 Å². The first-order valence-corrected chi connectivity index (χ1v) is 5.37. The summed E-state index contributed by atoms with van der Waals surface area (Å²) in [7, 11) is 0. The zero-order valence-corrected chi connectivity index (χ0v) is 9.14. The maximum absolute atomic E-state index is 12.7. The predicted octanol–water partition coefficient (Wildman–Crippen LogP) is 1.86. The van der Waals surface area contributed by atoms with E-state index in [2.05, 4.69) is 0 Å². The van der Waals surface area contributed by atoms with Gasteiger partial charge < -0.3 is 10.6 Å². The highest BCUT2D eigenvalue weighted by atomic mass is 32.1. The molecule has 1 aliphatic heterocycles. The molecule has 1 fully saturated rings. The Kier molecular flexibility index (Phi) is 2.86. The smallest absolute Gasteiger partial charge is 0.166 e. The quantitative estimate of drug-likeness (QED) is 0.738. The molecule has 2 nitrogen and oxygen atoms in total. The zero-order valence-electron chi connectivity index (χ0n) is 8.32. The van der Waals surface area contributed by atoms with E-state index in [1.165, 1.54) is 12.1 Å². The molecule has 4 heteroatoms. The summed E-state index contributed by atoms with van der Waals surface area (Å²) in [6, 6.07) is 6.67. The van der Waals surface area contributed by atoms with E-state index in [1.54, 1.807) is 0 Å². The van der Waals surface area contributed by atoms with Gasteiger partial charge in [0, 0.05) is 19.0 Å². The maximum atomic E-state index is 12.7. The predicted molar refractivity (Wildman–Crippen MR) is 62.1 cm³/mol. The Labute approximate surface area is 93.9 Å². The number of halogens is 1. The van der Waals surface area contributed by atoms with E-state index in [4.69, 9.17) is 18.0 Å². The second kappa shape index (κ2) is 4.14. The summed E-state index contributed by atoms with van der Waals surface area (Å²) >= 11 is 4.92. The van der Waals surface area contributed by atoms with E-state index < -0.39 is 0 Å². The molecule has 0 aromatic heterocycles. The van der Waals surface area contributed by atoms with Crippen LogP contribution in [0.3, 0.4) is 0 Å². The van der Waals surface area contributed by atoms with E-state index in [0.29, 0.717) is 11.0 Å². The lowest BCUT2D eigenvalue weighted by Crippen LogP contribution is -2.33. The lowest BCUT2D eigenvalue weighted by atomic mass is 9.99. The summed E-state index contributed by atoms with van der Waals surface area (Å²) in [5.74, 6) is 0.232. The van der Waals surface area contributed by atoms with Crippen LogP contribution in [0.5, 0.6) is 0 Å². The van der Waals surface area contributed by atoms with Crippen LogP contribution in [0.2, 0.25) is 0 Å². The van der Waals surface area contributed by atoms with Crippen molar-refractivity contribution in [2.45, 2.75) is 12.3 Å². The molecule has 1 aliphatic rings. The van der Waals surface area contributed by atoms with Crippen molar-refractivity contribution in [3.8, 4) is 0 Å². The fraction of sp³-hybridized carbons (Fsp3) is 0.364. The first-order chi connectivity index (χ1) is 7.16. The van der Waals surface area contributed by atoms with Gasteiger partial charge in [0.05, 0.1) is 0 Å². The Hall–Kier alpha value is -1.16. The normalized spacial score (nSPS) is 20.6. The lowest BCUT2D eigenvalue weighted by Gasteiger charge is -2.15. The molecule has 1 unspecified atom stereocenters. The molecule has 15 heavy (non-hydrogen) atoms. The number of nitrogens with zero attached hydrogens (tertiary/aromatic N) is 1. The molecule has 0 amide bonds. The SMILES string of the molecule is NC(=S)N1CCC(c2ccc(F)cc2)C1. The van der Waals surface area contributed by atoms with Gasteiger partial charge in [0.25, 0.3) is 0 Å². The Bertz CT molecular complexity index is 363. The van der Waals surface area contributed by atoms with Crippen molar-refractivity contribution in [3.05, 3.63) is 35.6 Å². The highest BCUT2D eigenvalue weighted by molar-refractivity contribution is 7.80. The first kappa shape index (κ1) is 10.4. The van der Waals surface area contributed by atoms with Crippen molar-refractivity contribution in [2.24, 2.45) is 5.73 Å². The molecular formula is C11H13FN2S. The number of rotatable bonds is 1. The van der Waals surface area contributed by atoms with E-state index >= 15 is 0 Å². The molecule has 0 saturated carbocycles. The standard InChI is InChI=1S/C11H13FN2S/c12-10-3-1-8(2-4-10)9-5-6-14(7-9)11(13)15/h1-4,9H,5-7H2,(H2,13,15). The summed E-state index contributed by atoms with van der Waals surface area (Å²) in [4.78, 5) is 1.99. The topological polar surface area (TPSA) is 29.3 Å². The third kappa shape index (κ3) is 2.26. The van der Waals surface area contributed by atoms with E-state index in [1.807, 2.05) is 17.0 Å². The molecule has 1 aromatic rings. The average Bonchev–Trinajstić information content (AvgIpc) is 2.68. The Morgan fingerprint density at radius 1 is 1.40 bits per heavy atom. The van der Waals surface area contributed by atoms with Crippen LogP contribution >= 0.6 is 12.2 Å². The molecule has 0 spiro atoms. The summed E-state index contributed by atoms with van der Waals surface area (Å²) in [6.45, 7) is 1.75. The number of thiocarbonyl (C=S) groups is 1. The van der Waals surface area contributed by atoms with Crippen molar-refractivity contribution in [1.82, 2.24) is 4.90 Å². The van der Waals surface area contributed by atoms with Crippen LogP contribution in [-0.2, 0) is 0 Å². The zero-order chi connectivity index (χ0) is 10.8. The Balaban J connectivity index is 2.07. The summed E-state index contributed by atoms with van der Waals surface area (Å²) in [5, 5.41) is 0.458. The van der Waals surface area contributed by atoms with E-state index in [0.717, 1.165) is 25.1 Å². The molecule has 2 rings (SSSR count). The average molecular weight is 224 g/mol. The second-order valence-corrected chi connectivity index (χ2v) is 4.24. The van der Waals surface area contributed by atoms with Crippen LogP contribution in [0.4, 0.5) is 4.39 Å². The van der Waals surface area contributed by atoms with Crippen molar-refractivity contribution >= 4 is 17.3 Å². The van der Waals surface area contributed by atoms with Gasteiger partial charge in [-0.25, -0.2) is 4.39 Å². The molecule has 80 valence electrons. The minimum Gasteiger partial charge on any atom is -0.376 e. The van der Waals surface area contributed by atoms with Crippen LogP contribution in [0, 0.1) is 5.82 Å². The minimum atomic E-state index is -0.192. The van der Waals surface area contributed by atoms with Gasteiger partial charge >= 0.3 is 0 Å². The van der Waals surface area contributed by atoms with Gasteiger partial charge in [-0.2, -0.15) is 0 Å². The van der Waals surface area contributed by atoms with Crippen molar-refractivity contribution in [3.63, 3.8) is 0 Å². The number of likely N-dealkylation sites (tertiary alicyclic amines) is 1. The Morgan fingerprint density at radius 3 is 2.60 bits per heavy atom. The molecular weight excluding hydrogens is 211 g/mol. The third-order valence-corrected chi connectivity index (χ3v) is 3.10. The Morgan fingerprint density at radius 2 is 2.07 bits per heavy atom. The number of hydrogen-bond donors (Lipinski definition) is 1. The monoisotopic (exact) mass is 224 g/mol. The summed E-state index contributed by atoms with van der Waals surface area (Å²) in [5.41, 5.74) is 6.72. The number of hydrogen-bond acceptors (Lipinski definition) is 1. The fourth-order valence-corrected chi connectivity index (χ4v) is 2.13. The van der Waals surface area contributed by atoms with Crippen molar-refractivity contribution in [2.75, 3.05) is 13.1 Å². The number of nitrogens with two attached hydrogens (primary N) is 1. The molecule has 1 aromatic carbocycles. The van der Waals surface area contributed by atoms with Crippen LogP contribution in [-0.4, -0.2) is 23.1 Å². The van der Waals surface area contributed by atoms with Crippen LogP contribution in [0.1, 0.15) is 17.9 Å². The van der Waals surface area contributed by atoms with Crippen LogP contribution in [0.15, 0.2) is 24.3 Å². The van der Waals surface area contributed by atoms with Crippen LogP contribution < -0.4 is 5.73 Å². The first-order valence-electron chi connectivity index (χ1n) is 4.96. The van der Waals surface area contributed by atoms with E-state index in [9.17, 15) is 4.39 Å². The van der Waals surface area contributed by atoms with Crippen molar-refractivity contribution in [1.29, 1.82) is 0 Å². The van der Waals surface area contributed by atoms with Crippen LogP contribution in [0.25, 0.3) is 0 Å². The lowest BCUT2D eigenvalue weighted by molar-refractivity contribution is 0.514.